The van der Waals surface area contributed by atoms with E-state index in [1.807, 2.05) is 0 Å². The predicted octanol–water partition coefficient (Wildman–Crippen LogP) is 1.50. The van der Waals surface area contributed by atoms with Crippen molar-refractivity contribution in [3.05, 3.63) is 42.0 Å². The van der Waals surface area contributed by atoms with E-state index < -0.39 is 0 Å². The fraction of sp³-hybridized carbons (Fsp3) is 0.333. The van der Waals surface area contributed by atoms with Crippen LogP contribution in [0.15, 0.2) is 30.9 Å². The lowest BCUT2D eigenvalue weighted by molar-refractivity contribution is -0.115. The molecule has 0 unspecified atom stereocenters. The van der Waals surface area contributed by atoms with Crippen molar-refractivity contribution in [3.8, 4) is 0 Å². The molecule has 0 spiro atoms. The highest BCUT2D eigenvalue weighted by molar-refractivity contribution is 6.01. The van der Waals surface area contributed by atoms with Gasteiger partial charge in [-0.1, -0.05) is 6.08 Å². The van der Waals surface area contributed by atoms with Gasteiger partial charge < -0.3 is 15.4 Å². The minimum atomic E-state index is -0.153. The van der Waals surface area contributed by atoms with Gasteiger partial charge in [-0.05, 0) is 30.2 Å². The molecule has 2 N–H and O–H groups in total. The van der Waals surface area contributed by atoms with Crippen LogP contribution in [-0.4, -0.2) is 31.6 Å². The van der Waals surface area contributed by atoms with Gasteiger partial charge in [-0.25, -0.2) is 0 Å². The second-order valence-electron chi connectivity index (χ2n) is 4.54. The zero-order valence-corrected chi connectivity index (χ0v) is 11.3. The number of ether oxygens (including phenoxy) is 1. The Kier molecular flexibility index (Phi) is 4.90. The molecule has 0 atom stereocenters. The van der Waals surface area contributed by atoms with Crippen molar-refractivity contribution >= 4 is 17.5 Å². The monoisotopic (exact) mass is 274 g/mol. The van der Waals surface area contributed by atoms with Crippen LogP contribution >= 0.6 is 0 Å². The summed E-state index contributed by atoms with van der Waals surface area (Å²) >= 11 is 0. The molecule has 1 aliphatic rings. The van der Waals surface area contributed by atoms with Gasteiger partial charge >= 0.3 is 0 Å². The van der Waals surface area contributed by atoms with E-state index in [1.165, 1.54) is 0 Å². The summed E-state index contributed by atoms with van der Waals surface area (Å²) in [5, 5.41) is 5.52. The Balaban J connectivity index is 1.80. The Bertz CT molecular complexity index is 526. The smallest absolute Gasteiger partial charge is 0.251 e. The van der Waals surface area contributed by atoms with Crippen LogP contribution in [-0.2, 0) is 16.0 Å². The average molecular weight is 274 g/mol. The summed E-state index contributed by atoms with van der Waals surface area (Å²) < 4.78 is 5.31. The van der Waals surface area contributed by atoms with Crippen LogP contribution in [0.25, 0.3) is 0 Å². The van der Waals surface area contributed by atoms with E-state index in [0.29, 0.717) is 31.7 Å². The van der Waals surface area contributed by atoms with Crippen molar-refractivity contribution in [1.29, 1.82) is 0 Å². The highest BCUT2D eigenvalue weighted by Gasteiger charge is 2.18. The maximum atomic E-state index is 11.9. The highest BCUT2D eigenvalue weighted by Crippen LogP contribution is 2.23. The summed E-state index contributed by atoms with van der Waals surface area (Å²) in [6.07, 6.45) is 2.93. The van der Waals surface area contributed by atoms with E-state index in [-0.39, 0.29) is 11.8 Å². The third kappa shape index (κ3) is 3.68. The lowest BCUT2D eigenvalue weighted by atomic mass is 10.1. The van der Waals surface area contributed by atoms with Crippen LogP contribution in [0.5, 0.6) is 0 Å². The average Bonchev–Trinajstić information content (AvgIpc) is 2.81. The van der Waals surface area contributed by atoms with Gasteiger partial charge in [0.2, 0.25) is 5.91 Å². The molecule has 0 radical (unpaired) electrons. The SMILES string of the molecule is C=CCCOCCNC(=O)c1ccc2c(c1)CC(=O)N2. The van der Waals surface area contributed by atoms with Crippen LogP contribution in [0.2, 0.25) is 0 Å². The van der Waals surface area contributed by atoms with Gasteiger partial charge in [0.15, 0.2) is 0 Å². The molecule has 0 fully saturated rings. The maximum Gasteiger partial charge on any atom is 0.251 e. The first kappa shape index (κ1) is 14.3. The summed E-state index contributed by atoms with van der Waals surface area (Å²) in [6.45, 7) is 5.16. The molecule has 0 saturated carbocycles. The number of carbonyl (C=O) groups is 2. The van der Waals surface area contributed by atoms with Gasteiger partial charge in [-0.3, -0.25) is 9.59 Å². The molecule has 0 saturated heterocycles. The van der Waals surface area contributed by atoms with Gasteiger partial charge in [0.05, 0.1) is 19.6 Å². The molecule has 20 heavy (non-hydrogen) atoms. The summed E-state index contributed by atoms with van der Waals surface area (Å²) in [7, 11) is 0. The number of benzene rings is 1. The Labute approximate surface area is 118 Å². The van der Waals surface area contributed by atoms with E-state index in [9.17, 15) is 9.59 Å². The zero-order valence-electron chi connectivity index (χ0n) is 11.3. The summed E-state index contributed by atoms with van der Waals surface area (Å²) in [4.78, 5) is 23.2. The second-order valence-corrected chi connectivity index (χ2v) is 4.54. The van der Waals surface area contributed by atoms with Crippen molar-refractivity contribution in [2.75, 3.05) is 25.1 Å². The third-order valence-electron chi connectivity index (χ3n) is 2.99. The lowest BCUT2D eigenvalue weighted by Gasteiger charge is -2.07. The van der Waals surface area contributed by atoms with Crippen LogP contribution in [0.4, 0.5) is 5.69 Å². The first-order valence-electron chi connectivity index (χ1n) is 6.60. The van der Waals surface area contributed by atoms with Crippen molar-refractivity contribution in [2.24, 2.45) is 0 Å². The van der Waals surface area contributed by atoms with Gasteiger partial charge in [0, 0.05) is 17.8 Å². The minimum absolute atomic E-state index is 0.0341. The van der Waals surface area contributed by atoms with E-state index in [4.69, 9.17) is 4.74 Å². The molecule has 0 aliphatic carbocycles. The van der Waals surface area contributed by atoms with Gasteiger partial charge in [0.25, 0.3) is 5.91 Å². The quantitative estimate of drug-likeness (QED) is 0.585. The standard InChI is InChI=1S/C15H18N2O3/c1-2-3-7-20-8-6-16-15(19)11-4-5-13-12(9-11)10-14(18)17-13/h2,4-5,9H,1,3,6-8,10H2,(H,16,19)(H,17,18). The third-order valence-corrected chi connectivity index (χ3v) is 2.99. The molecule has 0 bridgehead atoms. The summed E-state index contributed by atoms with van der Waals surface area (Å²) in [6, 6.07) is 5.22. The van der Waals surface area contributed by atoms with Gasteiger partial charge in [-0.15, -0.1) is 6.58 Å². The summed E-state index contributed by atoms with van der Waals surface area (Å²) in [5.41, 5.74) is 2.22. The Morgan fingerprint density at radius 3 is 3.10 bits per heavy atom. The highest BCUT2D eigenvalue weighted by atomic mass is 16.5. The molecule has 2 amide bonds. The van der Waals surface area contributed by atoms with E-state index in [1.54, 1.807) is 24.3 Å². The zero-order chi connectivity index (χ0) is 14.4. The molecule has 1 aromatic rings. The fourth-order valence-corrected chi connectivity index (χ4v) is 1.98. The predicted molar refractivity (Wildman–Crippen MR) is 76.7 cm³/mol. The largest absolute Gasteiger partial charge is 0.379 e. The number of hydrogen-bond donors (Lipinski definition) is 2. The molecule has 5 heteroatoms. The molecule has 106 valence electrons. The first-order valence-corrected chi connectivity index (χ1v) is 6.60. The maximum absolute atomic E-state index is 11.9. The molecular formula is C15H18N2O3. The molecule has 0 aromatic heterocycles. The Morgan fingerprint density at radius 1 is 1.45 bits per heavy atom. The Morgan fingerprint density at radius 2 is 2.30 bits per heavy atom. The molecule has 5 nitrogen and oxygen atoms in total. The van der Waals surface area contributed by atoms with Crippen LogP contribution in [0, 0.1) is 0 Å². The normalized spacial score (nSPS) is 12.7. The number of anilines is 1. The summed E-state index contributed by atoms with van der Waals surface area (Å²) in [5.74, 6) is -0.187. The first-order chi connectivity index (χ1) is 9.70. The fourth-order valence-electron chi connectivity index (χ4n) is 1.98. The van der Waals surface area contributed by atoms with E-state index in [2.05, 4.69) is 17.2 Å². The van der Waals surface area contributed by atoms with E-state index >= 15 is 0 Å². The van der Waals surface area contributed by atoms with Crippen LogP contribution < -0.4 is 10.6 Å². The van der Waals surface area contributed by atoms with Crippen molar-refractivity contribution in [1.82, 2.24) is 5.32 Å². The van der Waals surface area contributed by atoms with Crippen molar-refractivity contribution in [2.45, 2.75) is 12.8 Å². The van der Waals surface area contributed by atoms with Crippen molar-refractivity contribution < 1.29 is 14.3 Å². The number of amides is 2. The minimum Gasteiger partial charge on any atom is -0.379 e. The number of fused-ring (bicyclic) bond motifs is 1. The molecular weight excluding hydrogens is 256 g/mol. The Hall–Kier alpha value is -2.14. The molecule has 1 aromatic carbocycles. The molecule has 1 aliphatic heterocycles. The van der Waals surface area contributed by atoms with E-state index in [0.717, 1.165) is 17.7 Å². The van der Waals surface area contributed by atoms with Crippen LogP contribution in [0.1, 0.15) is 22.3 Å². The van der Waals surface area contributed by atoms with Gasteiger partial charge in [0.1, 0.15) is 0 Å². The van der Waals surface area contributed by atoms with Crippen molar-refractivity contribution in [3.63, 3.8) is 0 Å². The van der Waals surface area contributed by atoms with Gasteiger partial charge in [-0.2, -0.15) is 0 Å². The lowest BCUT2D eigenvalue weighted by Crippen LogP contribution is -2.27. The number of rotatable bonds is 7. The number of nitrogens with one attached hydrogen (secondary N) is 2. The number of hydrogen-bond acceptors (Lipinski definition) is 3. The molecule has 1 heterocycles. The van der Waals surface area contributed by atoms with Crippen LogP contribution in [0.3, 0.4) is 0 Å². The molecule has 2 rings (SSSR count). The second kappa shape index (κ2) is 6.86. The number of carbonyl (C=O) groups excluding carboxylic acids is 2. The topological polar surface area (TPSA) is 67.4 Å².